The summed E-state index contributed by atoms with van der Waals surface area (Å²) in [6.07, 6.45) is 0. The summed E-state index contributed by atoms with van der Waals surface area (Å²) in [7, 11) is 2.03. The minimum atomic E-state index is 0.0657. The quantitative estimate of drug-likeness (QED) is 0.841. The highest BCUT2D eigenvalue weighted by molar-refractivity contribution is 5.33. The Labute approximate surface area is 113 Å². The van der Waals surface area contributed by atoms with Gasteiger partial charge < -0.3 is 5.32 Å². The number of benzene rings is 1. The van der Waals surface area contributed by atoms with Crippen LogP contribution in [-0.2, 0) is 10.8 Å². The molecule has 0 radical (unpaired) electrons. The van der Waals surface area contributed by atoms with Crippen LogP contribution in [0.2, 0.25) is 0 Å². The number of hydrogen-bond acceptors (Lipinski definition) is 1. The van der Waals surface area contributed by atoms with E-state index in [1.807, 2.05) is 7.05 Å². The lowest BCUT2D eigenvalue weighted by Gasteiger charge is -2.42. The van der Waals surface area contributed by atoms with E-state index in [9.17, 15) is 0 Å². The van der Waals surface area contributed by atoms with Gasteiger partial charge in [-0.1, -0.05) is 58.9 Å². The third kappa shape index (κ3) is 2.77. The SMILES string of the molecule is CNC(C)(C)C(C)(C)c1ccc(C(C)(C)C)cc1. The molecule has 0 unspecified atom stereocenters. The first kappa shape index (κ1) is 15.2. The van der Waals surface area contributed by atoms with E-state index in [0.717, 1.165) is 0 Å². The summed E-state index contributed by atoms with van der Waals surface area (Å²) in [6, 6.07) is 9.09. The van der Waals surface area contributed by atoms with E-state index in [2.05, 4.69) is 78.0 Å². The summed E-state index contributed by atoms with van der Waals surface area (Å²) >= 11 is 0. The number of likely N-dealkylation sites (N-methyl/N-ethyl adjacent to an activating group) is 1. The molecule has 0 saturated carbocycles. The molecule has 0 aliphatic heterocycles. The second kappa shape index (κ2) is 4.70. The van der Waals surface area contributed by atoms with Gasteiger partial charge in [0.05, 0.1) is 0 Å². The minimum Gasteiger partial charge on any atom is -0.314 e. The van der Waals surface area contributed by atoms with Crippen LogP contribution in [0.15, 0.2) is 24.3 Å². The molecule has 0 heterocycles. The van der Waals surface area contributed by atoms with Crippen LogP contribution in [0.25, 0.3) is 0 Å². The first-order valence-electron chi connectivity index (χ1n) is 6.82. The van der Waals surface area contributed by atoms with Gasteiger partial charge in [0, 0.05) is 11.0 Å². The molecule has 1 rings (SSSR count). The van der Waals surface area contributed by atoms with Gasteiger partial charge in [-0.2, -0.15) is 0 Å². The molecule has 0 spiro atoms. The van der Waals surface area contributed by atoms with Crippen molar-refractivity contribution < 1.29 is 0 Å². The summed E-state index contributed by atoms with van der Waals surface area (Å²) in [6.45, 7) is 15.9. The van der Waals surface area contributed by atoms with E-state index in [-0.39, 0.29) is 16.4 Å². The third-order valence-electron chi connectivity index (χ3n) is 4.66. The maximum Gasteiger partial charge on any atom is 0.0213 e. The van der Waals surface area contributed by atoms with Gasteiger partial charge in [0.2, 0.25) is 0 Å². The highest BCUT2D eigenvalue weighted by atomic mass is 14.9. The van der Waals surface area contributed by atoms with Crippen LogP contribution in [0.4, 0.5) is 0 Å². The van der Waals surface area contributed by atoms with Crippen molar-refractivity contribution in [1.29, 1.82) is 0 Å². The van der Waals surface area contributed by atoms with Crippen LogP contribution < -0.4 is 5.32 Å². The van der Waals surface area contributed by atoms with Gasteiger partial charge in [0.25, 0.3) is 0 Å². The van der Waals surface area contributed by atoms with Crippen LogP contribution in [0.3, 0.4) is 0 Å². The van der Waals surface area contributed by atoms with Gasteiger partial charge in [-0.15, -0.1) is 0 Å². The average molecular weight is 247 g/mol. The summed E-state index contributed by atoms with van der Waals surface area (Å²) in [4.78, 5) is 0. The molecule has 0 aliphatic carbocycles. The van der Waals surface area contributed by atoms with E-state index in [1.165, 1.54) is 11.1 Å². The summed E-state index contributed by atoms with van der Waals surface area (Å²) < 4.78 is 0. The van der Waals surface area contributed by atoms with Crippen LogP contribution in [0.1, 0.15) is 59.6 Å². The number of hydrogen-bond donors (Lipinski definition) is 1. The van der Waals surface area contributed by atoms with Crippen molar-refractivity contribution in [3.05, 3.63) is 35.4 Å². The van der Waals surface area contributed by atoms with E-state index >= 15 is 0 Å². The smallest absolute Gasteiger partial charge is 0.0213 e. The van der Waals surface area contributed by atoms with Crippen molar-refractivity contribution in [3.63, 3.8) is 0 Å². The predicted octanol–water partition coefficient (Wildman–Crippen LogP) is 4.26. The molecule has 0 aliphatic rings. The fourth-order valence-electron chi connectivity index (χ4n) is 2.06. The van der Waals surface area contributed by atoms with Gasteiger partial charge >= 0.3 is 0 Å². The molecule has 0 saturated heterocycles. The Hall–Kier alpha value is -0.820. The first-order chi connectivity index (χ1) is 8.02. The standard InChI is InChI=1S/C17H29N/c1-15(2,3)13-9-11-14(12-10-13)16(4,5)17(6,7)18-8/h9-12,18H,1-8H3. The van der Waals surface area contributed by atoms with E-state index in [1.54, 1.807) is 0 Å². The molecule has 1 N–H and O–H groups in total. The average Bonchev–Trinajstić information content (AvgIpc) is 2.27. The van der Waals surface area contributed by atoms with Crippen molar-refractivity contribution >= 4 is 0 Å². The van der Waals surface area contributed by atoms with Gasteiger partial charge in [0.15, 0.2) is 0 Å². The fraction of sp³-hybridized carbons (Fsp3) is 0.647. The molecule has 0 amide bonds. The maximum absolute atomic E-state index is 3.42. The lowest BCUT2D eigenvalue weighted by molar-refractivity contribution is 0.255. The van der Waals surface area contributed by atoms with E-state index < -0.39 is 0 Å². The molecule has 0 atom stereocenters. The number of nitrogens with one attached hydrogen (secondary N) is 1. The molecule has 18 heavy (non-hydrogen) atoms. The normalized spacial score (nSPS) is 13.8. The molecule has 1 nitrogen and oxygen atoms in total. The van der Waals surface area contributed by atoms with Gasteiger partial charge in [0.1, 0.15) is 0 Å². The van der Waals surface area contributed by atoms with E-state index in [4.69, 9.17) is 0 Å². The van der Waals surface area contributed by atoms with Crippen molar-refractivity contribution in [3.8, 4) is 0 Å². The molecule has 1 aromatic rings. The first-order valence-corrected chi connectivity index (χ1v) is 6.82. The zero-order valence-corrected chi connectivity index (χ0v) is 13.3. The van der Waals surface area contributed by atoms with Gasteiger partial charge in [-0.3, -0.25) is 0 Å². The van der Waals surface area contributed by atoms with Crippen molar-refractivity contribution in [2.75, 3.05) is 7.05 Å². The monoisotopic (exact) mass is 247 g/mol. The Kier molecular flexibility index (Phi) is 3.97. The molecule has 0 fully saturated rings. The van der Waals surface area contributed by atoms with Gasteiger partial charge in [-0.05, 0) is 37.4 Å². The lowest BCUT2D eigenvalue weighted by Crippen LogP contribution is -2.52. The fourth-order valence-corrected chi connectivity index (χ4v) is 2.06. The molecular weight excluding hydrogens is 218 g/mol. The van der Waals surface area contributed by atoms with Gasteiger partial charge in [-0.25, -0.2) is 0 Å². The van der Waals surface area contributed by atoms with Crippen LogP contribution in [-0.4, -0.2) is 12.6 Å². The van der Waals surface area contributed by atoms with Crippen LogP contribution in [0.5, 0.6) is 0 Å². The molecule has 102 valence electrons. The highest BCUT2D eigenvalue weighted by Gasteiger charge is 2.37. The Morgan fingerprint density at radius 3 is 1.44 bits per heavy atom. The molecule has 1 heteroatoms. The zero-order chi connectivity index (χ0) is 14.2. The Morgan fingerprint density at radius 2 is 1.11 bits per heavy atom. The molecule has 0 bridgehead atoms. The Bertz CT molecular complexity index is 391. The minimum absolute atomic E-state index is 0.0657. The lowest BCUT2D eigenvalue weighted by atomic mass is 9.69. The zero-order valence-electron chi connectivity index (χ0n) is 13.3. The maximum atomic E-state index is 3.42. The topological polar surface area (TPSA) is 12.0 Å². The molecule has 1 aromatic carbocycles. The van der Waals surface area contributed by atoms with Crippen molar-refractivity contribution in [2.45, 2.75) is 64.8 Å². The van der Waals surface area contributed by atoms with Crippen molar-refractivity contribution in [1.82, 2.24) is 5.32 Å². The van der Waals surface area contributed by atoms with Crippen molar-refractivity contribution in [2.24, 2.45) is 0 Å². The number of rotatable bonds is 3. The predicted molar refractivity (Wildman–Crippen MR) is 81.3 cm³/mol. The Balaban J connectivity index is 3.13. The third-order valence-corrected chi connectivity index (χ3v) is 4.66. The van der Waals surface area contributed by atoms with Crippen LogP contribution in [0, 0.1) is 0 Å². The summed E-state index contributed by atoms with van der Waals surface area (Å²) in [5, 5.41) is 3.42. The van der Waals surface area contributed by atoms with Crippen LogP contribution >= 0.6 is 0 Å². The molecule has 0 aromatic heterocycles. The van der Waals surface area contributed by atoms with E-state index in [0.29, 0.717) is 0 Å². The summed E-state index contributed by atoms with van der Waals surface area (Å²) in [5.74, 6) is 0. The largest absolute Gasteiger partial charge is 0.314 e. The second-order valence-electron chi connectivity index (χ2n) is 7.33. The molecular formula is C17H29N. The summed E-state index contributed by atoms with van der Waals surface area (Å²) in [5.41, 5.74) is 3.16. The highest BCUT2D eigenvalue weighted by Crippen LogP contribution is 2.35. The Morgan fingerprint density at radius 1 is 0.722 bits per heavy atom. The second-order valence-corrected chi connectivity index (χ2v) is 7.33.